The van der Waals surface area contributed by atoms with Gasteiger partial charge in [0.2, 0.25) is 12.4 Å². The largest absolute Gasteiger partial charge is 0.382 e. The standard InChI is InChI=1S/C17H21N5O/c1-11-2-4-12(5-3-11)6-7-13-8-9-14-15(22(13)10-23)16(18)21-17(19)20-14/h2-5,10,13H,6-9H2,1H3,(H4,18,19,20,21). The highest BCUT2D eigenvalue weighted by Crippen LogP contribution is 2.34. The normalized spacial score (nSPS) is 16.9. The van der Waals surface area contributed by atoms with Gasteiger partial charge in [-0.05, 0) is 38.2 Å². The maximum atomic E-state index is 11.6. The highest BCUT2D eigenvalue weighted by atomic mass is 16.1. The van der Waals surface area contributed by atoms with E-state index < -0.39 is 0 Å². The summed E-state index contributed by atoms with van der Waals surface area (Å²) in [6.45, 7) is 2.07. The Morgan fingerprint density at radius 2 is 2.00 bits per heavy atom. The summed E-state index contributed by atoms with van der Waals surface area (Å²) in [6, 6.07) is 8.59. The number of nitrogens with two attached hydrogens (primary N) is 2. The van der Waals surface area contributed by atoms with Crippen molar-refractivity contribution >= 4 is 23.9 Å². The van der Waals surface area contributed by atoms with Crippen LogP contribution in [0.25, 0.3) is 0 Å². The van der Waals surface area contributed by atoms with Gasteiger partial charge in [0.05, 0.1) is 5.69 Å². The van der Waals surface area contributed by atoms with Gasteiger partial charge in [-0.1, -0.05) is 29.8 Å². The van der Waals surface area contributed by atoms with Gasteiger partial charge in [0.1, 0.15) is 5.69 Å². The van der Waals surface area contributed by atoms with E-state index in [2.05, 4.69) is 41.2 Å². The van der Waals surface area contributed by atoms with Crippen molar-refractivity contribution < 1.29 is 4.79 Å². The molecule has 2 heterocycles. The molecule has 1 aliphatic rings. The third-order valence-electron chi connectivity index (χ3n) is 4.37. The molecule has 1 atom stereocenters. The summed E-state index contributed by atoms with van der Waals surface area (Å²) >= 11 is 0. The number of hydrogen-bond acceptors (Lipinski definition) is 5. The van der Waals surface area contributed by atoms with E-state index in [1.54, 1.807) is 4.90 Å². The van der Waals surface area contributed by atoms with Crippen LogP contribution in [0, 0.1) is 6.92 Å². The number of carbonyl (C=O) groups excluding carboxylic acids is 1. The molecule has 0 saturated heterocycles. The lowest BCUT2D eigenvalue weighted by Gasteiger charge is -2.34. The average molecular weight is 311 g/mol. The van der Waals surface area contributed by atoms with Crippen molar-refractivity contribution in [2.24, 2.45) is 0 Å². The van der Waals surface area contributed by atoms with Crippen molar-refractivity contribution in [2.75, 3.05) is 16.4 Å². The molecule has 0 radical (unpaired) electrons. The molecule has 120 valence electrons. The Morgan fingerprint density at radius 1 is 1.26 bits per heavy atom. The van der Waals surface area contributed by atoms with Crippen molar-refractivity contribution in [1.29, 1.82) is 0 Å². The number of amides is 1. The van der Waals surface area contributed by atoms with E-state index in [-0.39, 0.29) is 17.8 Å². The minimum absolute atomic E-state index is 0.107. The molecule has 2 aromatic rings. The van der Waals surface area contributed by atoms with E-state index in [1.165, 1.54) is 11.1 Å². The van der Waals surface area contributed by atoms with E-state index in [9.17, 15) is 4.79 Å². The monoisotopic (exact) mass is 311 g/mol. The summed E-state index contributed by atoms with van der Waals surface area (Å²) in [5.41, 5.74) is 15.5. The predicted octanol–water partition coefficient (Wildman–Crippen LogP) is 1.86. The number of fused-ring (bicyclic) bond motifs is 1. The minimum Gasteiger partial charge on any atom is -0.382 e. The second kappa shape index (κ2) is 6.24. The summed E-state index contributed by atoms with van der Waals surface area (Å²) in [7, 11) is 0. The van der Waals surface area contributed by atoms with E-state index >= 15 is 0 Å². The topological polar surface area (TPSA) is 98.1 Å². The molecule has 1 aromatic carbocycles. The number of benzene rings is 1. The number of nitrogen functional groups attached to an aromatic ring is 2. The first-order chi connectivity index (χ1) is 11.1. The average Bonchev–Trinajstić information content (AvgIpc) is 2.53. The van der Waals surface area contributed by atoms with Crippen LogP contribution in [0.3, 0.4) is 0 Å². The first-order valence-electron chi connectivity index (χ1n) is 7.79. The fourth-order valence-electron chi connectivity index (χ4n) is 3.13. The molecular formula is C17H21N5O. The van der Waals surface area contributed by atoms with Crippen LogP contribution in [0.4, 0.5) is 17.5 Å². The van der Waals surface area contributed by atoms with E-state index in [1.807, 2.05) is 0 Å². The number of hydrogen-bond donors (Lipinski definition) is 2. The van der Waals surface area contributed by atoms with Crippen LogP contribution in [0.2, 0.25) is 0 Å². The second-order valence-corrected chi connectivity index (χ2v) is 5.99. The van der Waals surface area contributed by atoms with E-state index in [4.69, 9.17) is 11.5 Å². The minimum atomic E-state index is 0.107. The number of carbonyl (C=O) groups is 1. The van der Waals surface area contributed by atoms with Crippen molar-refractivity contribution in [2.45, 2.75) is 38.6 Å². The smallest absolute Gasteiger partial charge is 0.222 e. The summed E-state index contributed by atoms with van der Waals surface area (Å²) in [6.07, 6.45) is 4.24. The van der Waals surface area contributed by atoms with Gasteiger partial charge in [-0.25, -0.2) is 4.98 Å². The number of aromatic nitrogens is 2. The van der Waals surface area contributed by atoms with Gasteiger partial charge in [0.15, 0.2) is 5.82 Å². The number of aryl methyl sites for hydroxylation is 3. The molecule has 1 unspecified atom stereocenters. The number of anilines is 3. The number of nitrogens with zero attached hydrogens (tertiary/aromatic N) is 3. The Hall–Kier alpha value is -2.63. The van der Waals surface area contributed by atoms with Crippen molar-refractivity contribution in [3.8, 4) is 0 Å². The van der Waals surface area contributed by atoms with Crippen LogP contribution < -0.4 is 16.4 Å². The molecular weight excluding hydrogens is 290 g/mol. The Morgan fingerprint density at radius 3 is 2.70 bits per heavy atom. The molecule has 6 heteroatoms. The maximum Gasteiger partial charge on any atom is 0.222 e. The first-order valence-corrected chi connectivity index (χ1v) is 7.79. The Bertz CT molecular complexity index is 714. The molecule has 1 amide bonds. The zero-order valence-corrected chi connectivity index (χ0v) is 13.2. The number of rotatable bonds is 4. The van der Waals surface area contributed by atoms with Crippen LogP contribution >= 0.6 is 0 Å². The predicted molar refractivity (Wildman–Crippen MR) is 91.0 cm³/mol. The molecule has 0 saturated carbocycles. The van der Waals surface area contributed by atoms with Crippen LogP contribution in [-0.2, 0) is 17.6 Å². The van der Waals surface area contributed by atoms with Crippen LogP contribution in [0.1, 0.15) is 29.7 Å². The van der Waals surface area contributed by atoms with Crippen molar-refractivity contribution in [3.05, 3.63) is 41.1 Å². The summed E-state index contributed by atoms with van der Waals surface area (Å²) in [5.74, 6) is 0.435. The Balaban J connectivity index is 1.78. The van der Waals surface area contributed by atoms with Gasteiger partial charge in [0, 0.05) is 6.04 Å². The quantitative estimate of drug-likeness (QED) is 0.840. The van der Waals surface area contributed by atoms with Crippen LogP contribution in [0.15, 0.2) is 24.3 Å². The molecule has 6 nitrogen and oxygen atoms in total. The SMILES string of the molecule is Cc1ccc(CCC2CCc3nc(N)nc(N)c3N2C=O)cc1. The van der Waals surface area contributed by atoms with E-state index in [0.717, 1.165) is 37.8 Å². The molecule has 1 aromatic heterocycles. The molecule has 0 spiro atoms. The lowest BCUT2D eigenvalue weighted by Crippen LogP contribution is -2.40. The van der Waals surface area contributed by atoms with Crippen molar-refractivity contribution in [3.63, 3.8) is 0 Å². The molecule has 0 fully saturated rings. The molecule has 23 heavy (non-hydrogen) atoms. The van der Waals surface area contributed by atoms with Crippen molar-refractivity contribution in [1.82, 2.24) is 9.97 Å². The zero-order valence-electron chi connectivity index (χ0n) is 13.2. The third-order valence-corrected chi connectivity index (χ3v) is 4.37. The highest BCUT2D eigenvalue weighted by molar-refractivity contribution is 5.84. The summed E-state index contributed by atoms with van der Waals surface area (Å²) < 4.78 is 0. The third kappa shape index (κ3) is 3.11. The van der Waals surface area contributed by atoms with Crippen LogP contribution in [0.5, 0.6) is 0 Å². The van der Waals surface area contributed by atoms with Gasteiger partial charge in [-0.2, -0.15) is 4.98 Å². The van der Waals surface area contributed by atoms with Gasteiger partial charge in [-0.3, -0.25) is 4.79 Å². The van der Waals surface area contributed by atoms with Gasteiger partial charge in [0.25, 0.3) is 0 Å². The lowest BCUT2D eigenvalue weighted by atomic mass is 9.95. The molecule has 0 aliphatic carbocycles. The Labute approximate surface area is 135 Å². The maximum absolute atomic E-state index is 11.6. The fraction of sp³-hybridized carbons (Fsp3) is 0.353. The summed E-state index contributed by atoms with van der Waals surface area (Å²) in [5, 5.41) is 0. The molecule has 3 rings (SSSR count). The second-order valence-electron chi connectivity index (χ2n) is 5.99. The fourth-order valence-corrected chi connectivity index (χ4v) is 3.13. The Kier molecular flexibility index (Phi) is 4.14. The van der Waals surface area contributed by atoms with Gasteiger partial charge in [-0.15, -0.1) is 0 Å². The highest BCUT2D eigenvalue weighted by Gasteiger charge is 2.29. The van der Waals surface area contributed by atoms with Gasteiger partial charge >= 0.3 is 0 Å². The van der Waals surface area contributed by atoms with Gasteiger partial charge < -0.3 is 16.4 Å². The summed E-state index contributed by atoms with van der Waals surface area (Å²) in [4.78, 5) is 21.5. The molecule has 1 aliphatic heterocycles. The molecule has 4 N–H and O–H groups in total. The van der Waals surface area contributed by atoms with E-state index in [0.29, 0.717) is 5.69 Å². The lowest BCUT2D eigenvalue weighted by molar-refractivity contribution is -0.108. The zero-order chi connectivity index (χ0) is 16.4. The van der Waals surface area contributed by atoms with Crippen LogP contribution in [-0.4, -0.2) is 22.4 Å². The first kappa shape index (κ1) is 15.3. The molecule has 0 bridgehead atoms.